The fourth-order valence-corrected chi connectivity index (χ4v) is 1.59. The Morgan fingerprint density at radius 2 is 1.42 bits per heavy atom. The largest absolute Gasteiger partial charge is 0.516 e. The second kappa shape index (κ2) is 7.33. The molecule has 1 N–H and O–H groups in total. The number of rotatable bonds is 2. The standard InChI is InChI=1S/C17H23NO6/c1-16(2,3)23-14(20)18-12-10-8-7-9-11(12)13(19)22-15(21)24-17(4,5)6/h7-10H,1-6H3,(H,18,20). The van der Waals surface area contributed by atoms with Gasteiger partial charge in [-0.05, 0) is 53.7 Å². The van der Waals surface area contributed by atoms with Crippen LogP contribution in [0.3, 0.4) is 0 Å². The lowest BCUT2D eigenvalue weighted by Gasteiger charge is -2.20. The summed E-state index contributed by atoms with van der Waals surface area (Å²) in [7, 11) is 0. The molecule has 0 aliphatic rings. The van der Waals surface area contributed by atoms with Gasteiger partial charge >= 0.3 is 18.2 Å². The van der Waals surface area contributed by atoms with E-state index in [1.54, 1.807) is 53.7 Å². The number of carbonyl (C=O) groups excluding carboxylic acids is 3. The minimum Gasteiger partial charge on any atom is -0.444 e. The summed E-state index contributed by atoms with van der Waals surface area (Å²) < 4.78 is 14.7. The van der Waals surface area contributed by atoms with E-state index in [0.29, 0.717) is 0 Å². The highest BCUT2D eigenvalue weighted by atomic mass is 16.7. The molecule has 0 unspecified atom stereocenters. The van der Waals surface area contributed by atoms with E-state index in [-0.39, 0.29) is 11.3 Å². The molecule has 0 aliphatic carbocycles. The van der Waals surface area contributed by atoms with Crippen LogP contribution in [0.25, 0.3) is 0 Å². The molecule has 0 heterocycles. The fourth-order valence-electron chi connectivity index (χ4n) is 1.59. The Hall–Kier alpha value is -2.57. The van der Waals surface area contributed by atoms with E-state index in [9.17, 15) is 14.4 Å². The van der Waals surface area contributed by atoms with Crippen LogP contribution in [0.15, 0.2) is 24.3 Å². The average molecular weight is 337 g/mol. The van der Waals surface area contributed by atoms with Crippen molar-refractivity contribution < 1.29 is 28.6 Å². The van der Waals surface area contributed by atoms with E-state index < -0.39 is 29.4 Å². The Balaban J connectivity index is 2.84. The zero-order valence-corrected chi connectivity index (χ0v) is 14.8. The van der Waals surface area contributed by atoms with E-state index in [1.807, 2.05) is 0 Å². The van der Waals surface area contributed by atoms with E-state index in [2.05, 4.69) is 10.1 Å². The molecule has 0 aliphatic heterocycles. The van der Waals surface area contributed by atoms with E-state index >= 15 is 0 Å². The number of carbonyl (C=O) groups is 3. The number of hydrogen-bond acceptors (Lipinski definition) is 6. The molecule has 1 aromatic carbocycles. The summed E-state index contributed by atoms with van der Waals surface area (Å²) in [6, 6.07) is 6.11. The predicted molar refractivity (Wildman–Crippen MR) is 87.9 cm³/mol. The van der Waals surface area contributed by atoms with E-state index in [0.717, 1.165) is 0 Å². The number of anilines is 1. The molecule has 24 heavy (non-hydrogen) atoms. The third-order valence-electron chi connectivity index (χ3n) is 2.35. The predicted octanol–water partition coefficient (Wildman–Crippen LogP) is 4.13. The third kappa shape index (κ3) is 7.13. The van der Waals surface area contributed by atoms with Crippen molar-refractivity contribution in [1.29, 1.82) is 0 Å². The molecule has 7 nitrogen and oxygen atoms in total. The molecular formula is C17H23NO6. The smallest absolute Gasteiger partial charge is 0.444 e. The number of ether oxygens (including phenoxy) is 3. The van der Waals surface area contributed by atoms with Crippen molar-refractivity contribution in [3.8, 4) is 0 Å². The summed E-state index contributed by atoms with van der Waals surface area (Å²) in [4.78, 5) is 35.5. The van der Waals surface area contributed by atoms with Gasteiger partial charge < -0.3 is 14.2 Å². The minimum absolute atomic E-state index is 0.00854. The molecule has 1 rings (SSSR count). The molecule has 0 bridgehead atoms. The quantitative estimate of drug-likeness (QED) is 0.644. The van der Waals surface area contributed by atoms with Gasteiger partial charge in [-0.15, -0.1) is 0 Å². The first-order valence-electron chi connectivity index (χ1n) is 7.41. The van der Waals surface area contributed by atoms with Gasteiger partial charge in [0.15, 0.2) is 0 Å². The van der Waals surface area contributed by atoms with Crippen LogP contribution in [0.1, 0.15) is 51.9 Å². The number of hydrogen-bond donors (Lipinski definition) is 1. The molecule has 0 spiro atoms. The van der Waals surface area contributed by atoms with Gasteiger partial charge in [-0.2, -0.15) is 0 Å². The third-order valence-corrected chi connectivity index (χ3v) is 2.35. The van der Waals surface area contributed by atoms with Crippen LogP contribution in [0.2, 0.25) is 0 Å². The molecule has 1 aromatic rings. The summed E-state index contributed by atoms with van der Waals surface area (Å²) in [6.07, 6.45) is -1.83. The fraction of sp³-hybridized carbons (Fsp3) is 0.471. The van der Waals surface area contributed by atoms with Crippen LogP contribution < -0.4 is 5.32 Å². The molecule has 0 saturated heterocycles. The number of esters is 1. The summed E-state index contributed by atoms with van der Waals surface area (Å²) in [6.45, 7) is 10.1. The second-order valence-electron chi connectivity index (χ2n) is 7.03. The summed E-state index contributed by atoms with van der Waals surface area (Å²) in [5, 5.41) is 2.46. The van der Waals surface area contributed by atoms with Crippen molar-refractivity contribution in [3.63, 3.8) is 0 Å². The van der Waals surface area contributed by atoms with Crippen LogP contribution in [0, 0.1) is 0 Å². The van der Waals surface area contributed by atoms with Crippen molar-refractivity contribution in [2.45, 2.75) is 52.7 Å². The number of benzene rings is 1. The molecule has 0 radical (unpaired) electrons. The zero-order chi connectivity index (χ0) is 18.5. The molecule has 0 atom stereocenters. The van der Waals surface area contributed by atoms with Crippen molar-refractivity contribution in [2.75, 3.05) is 5.32 Å². The van der Waals surface area contributed by atoms with Gasteiger partial charge in [-0.25, -0.2) is 14.4 Å². The number of para-hydroxylation sites is 1. The van der Waals surface area contributed by atoms with Crippen LogP contribution in [0.4, 0.5) is 15.3 Å². The van der Waals surface area contributed by atoms with Crippen LogP contribution in [-0.4, -0.2) is 29.4 Å². The molecule has 0 aromatic heterocycles. The van der Waals surface area contributed by atoms with Crippen molar-refractivity contribution in [1.82, 2.24) is 0 Å². The first kappa shape index (κ1) is 19.5. The maximum atomic E-state index is 12.1. The first-order chi connectivity index (χ1) is 10.9. The van der Waals surface area contributed by atoms with Gasteiger partial charge in [0.1, 0.15) is 11.2 Å². The zero-order valence-electron chi connectivity index (χ0n) is 14.8. The summed E-state index contributed by atoms with van der Waals surface area (Å²) >= 11 is 0. The van der Waals surface area contributed by atoms with Crippen molar-refractivity contribution in [2.24, 2.45) is 0 Å². The second-order valence-corrected chi connectivity index (χ2v) is 7.03. The van der Waals surface area contributed by atoms with Crippen LogP contribution in [0.5, 0.6) is 0 Å². The number of amides is 1. The lowest BCUT2D eigenvalue weighted by atomic mass is 10.2. The van der Waals surface area contributed by atoms with Gasteiger partial charge in [0.05, 0.1) is 11.3 Å². The summed E-state index contributed by atoms with van der Waals surface area (Å²) in [5.41, 5.74) is -1.30. The maximum absolute atomic E-state index is 12.1. The van der Waals surface area contributed by atoms with E-state index in [4.69, 9.17) is 9.47 Å². The summed E-state index contributed by atoms with van der Waals surface area (Å²) in [5.74, 6) is -0.934. The van der Waals surface area contributed by atoms with Gasteiger partial charge in [0.25, 0.3) is 0 Å². The average Bonchev–Trinajstić information content (AvgIpc) is 2.34. The Labute approximate surface area is 141 Å². The van der Waals surface area contributed by atoms with Crippen LogP contribution in [-0.2, 0) is 14.2 Å². The van der Waals surface area contributed by atoms with Gasteiger partial charge in [0, 0.05) is 0 Å². The Kier molecular flexibility index (Phi) is 5.95. The SMILES string of the molecule is CC(C)(C)OC(=O)Nc1ccccc1C(=O)OC(=O)OC(C)(C)C. The Bertz CT molecular complexity index is 625. The molecule has 0 fully saturated rings. The highest BCUT2D eigenvalue weighted by Crippen LogP contribution is 2.19. The monoisotopic (exact) mass is 337 g/mol. The molecule has 132 valence electrons. The lowest BCUT2D eigenvalue weighted by molar-refractivity contribution is -0.00150. The first-order valence-corrected chi connectivity index (χ1v) is 7.41. The highest BCUT2D eigenvalue weighted by molar-refractivity contribution is 6.02. The maximum Gasteiger partial charge on any atom is 0.516 e. The van der Waals surface area contributed by atoms with Gasteiger partial charge in [0.2, 0.25) is 0 Å². The molecule has 7 heteroatoms. The normalized spacial score (nSPS) is 11.4. The molecular weight excluding hydrogens is 314 g/mol. The molecule has 1 amide bonds. The van der Waals surface area contributed by atoms with Crippen LogP contribution >= 0.6 is 0 Å². The van der Waals surface area contributed by atoms with Crippen molar-refractivity contribution >= 4 is 23.9 Å². The van der Waals surface area contributed by atoms with Gasteiger partial charge in [-0.1, -0.05) is 12.1 Å². The number of nitrogens with one attached hydrogen (secondary N) is 1. The topological polar surface area (TPSA) is 90.9 Å². The Morgan fingerprint density at radius 1 is 0.875 bits per heavy atom. The van der Waals surface area contributed by atoms with E-state index in [1.165, 1.54) is 12.1 Å². The lowest BCUT2D eigenvalue weighted by Crippen LogP contribution is -2.28. The minimum atomic E-state index is -1.11. The highest BCUT2D eigenvalue weighted by Gasteiger charge is 2.24. The Morgan fingerprint density at radius 3 is 1.96 bits per heavy atom. The van der Waals surface area contributed by atoms with Crippen molar-refractivity contribution in [3.05, 3.63) is 29.8 Å². The molecule has 0 saturated carbocycles. The van der Waals surface area contributed by atoms with Gasteiger partial charge in [-0.3, -0.25) is 5.32 Å².